The first-order chi connectivity index (χ1) is 12.2. The highest BCUT2D eigenvalue weighted by Gasteiger charge is 2.30. The number of piperazine rings is 1. The normalized spacial score (nSPS) is 22.1. The number of amides is 1. The maximum atomic E-state index is 12.1. The van der Waals surface area contributed by atoms with E-state index in [1.807, 2.05) is 17.0 Å². The van der Waals surface area contributed by atoms with Crippen LogP contribution in [0.3, 0.4) is 0 Å². The highest BCUT2D eigenvalue weighted by atomic mass is 16.5. The zero-order valence-electron chi connectivity index (χ0n) is 15.3. The molecule has 1 aromatic rings. The summed E-state index contributed by atoms with van der Waals surface area (Å²) in [6.07, 6.45) is 2.25. The fourth-order valence-electron chi connectivity index (χ4n) is 3.91. The molecule has 1 atom stereocenters. The summed E-state index contributed by atoms with van der Waals surface area (Å²) in [6.45, 7) is 5.90. The molecule has 138 valence electrons. The summed E-state index contributed by atoms with van der Waals surface area (Å²) < 4.78 is 10.5. The molecule has 0 aromatic heterocycles. The molecule has 2 heterocycles. The molecule has 1 amide bonds. The third kappa shape index (κ3) is 4.25. The maximum absolute atomic E-state index is 12.1. The standard InChI is InChI=1S/C19H29N3O3/c1-24-15-19(23)22-9-5-6-16(14-22)20-10-12-21(13-11-20)17-7-3-4-8-18(17)25-2/h3-4,7-8,16H,5-6,9-15H2,1-2H3/t16-/m1/s1. The minimum atomic E-state index is 0.111. The number of rotatable bonds is 5. The van der Waals surface area contributed by atoms with E-state index in [4.69, 9.17) is 9.47 Å². The van der Waals surface area contributed by atoms with Crippen molar-refractivity contribution in [2.45, 2.75) is 18.9 Å². The highest BCUT2D eigenvalue weighted by molar-refractivity contribution is 5.77. The molecular formula is C19H29N3O3. The molecule has 0 radical (unpaired) electrons. The Kier molecular flexibility index (Phi) is 6.15. The first-order valence-corrected chi connectivity index (χ1v) is 9.11. The number of hydrogen-bond donors (Lipinski definition) is 0. The summed E-state index contributed by atoms with van der Waals surface area (Å²) in [5.74, 6) is 1.05. The van der Waals surface area contributed by atoms with E-state index in [1.165, 1.54) is 12.1 Å². The number of likely N-dealkylation sites (tertiary alicyclic amines) is 1. The summed E-state index contributed by atoms with van der Waals surface area (Å²) in [5, 5.41) is 0. The van der Waals surface area contributed by atoms with Gasteiger partial charge in [0.15, 0.2) is 0 Å². The second-order valence-corrected chi connectivity index (χ2v) is 6.76. The molecule has 6 nitrogen and oxygen atoms in total. The van der Waals surface area contributed by atoms with Crippen LogP contribution in [0.4, 0.5) is 5.69 Å². The van der Waals surface area contributed by atoms with Gasteiger partial charge in [-0.05, 0) is 25.0 Å². The van der Waals surface area contributed by atoms with Crippen molar-refractivity contribution in [3.63, 3.8) is 0 Å². The summed E-state index contributed by atoms with van der Waals surface area (Å²) in [5.41, 5.74) is 1.17. The number of carbonyl (C=O) groups is 1. The van der Waals surface area contributed by atoms with Crippen molar-refractivity contribution in [1.82, 2.24) is 9.80 Å². The lowest BCUT2D eigenvalue weighted by Gasteiger charge is -2.44. The molecule has 1 aromatic carbocycles. The van der Waals surface area contributed by atoms with Gasteiger partial charge in [0.2, 0.25) is 5.91 Å². The average Bonchev–Trinajstić information content (AvgIpc) is 2.68. The summed E-state index contributed by atoms with van der Waals surface area (Å²) in [6, 6.07) is 8.67. The minimum absolute atomic E-state index is 0.111. The monoisotopic (exact) mass is 347 g/mol. The van der Waals surface area contributed by atoms with Crippen molar-refractivity contribution in [1.29, 1.82) is 0 Å². The van der Waals surface area contributed by atoms with Crippen LogP contribution >= 0.6 is 0 Å². The van der Waals surface area contributed by atoms with E-state index in [0.29, 0.717) is 6.04 Å². The van der Waals surface area contributed by atoms with Crippen molar-refractivity contribution >= 4 is 11.6 Å². The van der Waals surface area contributed by atoms with Gasteiger partial charge in [-0.2, -0.15) is 0 Å². The summed E-state index contributed by atoms with van der Waals surface area (Å²) in [4.78, 5) is 19.0. The number of nitrogens with zero attached hydrogens (tertiary/aromatic N) is 3. The van der Waals surface area contributed by atoms with Gasteiger partial charge >= 0.3 is 0 Å². The largest absolute Gasteiger partial charge is 0.495 e. The van der Waals surface area contributed by atoms with Crippen LogP contribution in [0.5, 0.6) is 5.75 Å². The van der Waals surface area contributed by atoms with Gasteiger partial charge < -0.3 is 19.3 Å². The maximum Gasteiger partial charge on any atom is 0.248 e. The number of piperidine rings is 1. The van der Waals surface area contributed by atoms with Gasteiger partial charge in [-0.3, -0.25) is 9.69 Å². The zero-order chi connectivity index (χ0) is 17.6. The molecule has 2 aliphatic heterocycles. The molecule has 2 fully saturated rings. The molecular weight excluding hydrogens is 318 g/mol. The Labute approximate surface area is 150 Å². The average molecular weight is 347 g/mol. The second-order valence-electron chi connectivity index (χ2n) is 6.76. The van der Waals surface area contributed by atoms with E-state index in [2.05, 4.69) is 21.9 Å². The number of benzene rings is 1. The molecule has 0 bridgehead atoms. The lowest BCUT2D eigenvalue weighted by atomic mass is 10.0. The van der Waals surface area contributed by atoms with Crippen molar-refractivity contribution in [2.75, 3.05) is 65.0 Å². The fourth-order valence-corrected chi connectivity index (χ4v) is 3.91. The number of anilines is 1. The molecule has 3 rings (SSSR count). The molecule has 0 saturated carbocycles. The predicted octanol–water partition coefficient (Wildman–Crippen LogP) is 1.45. The van der Waals surface area contributed by atoms with Gasteiger partial charge in [0.05, 0.1) is 12.8 Å². The Morgan fingerprint density at radius 3 is 2.60 bits per heavy atom. The highest BCUT2D eigenvalue weighted by Crippen LogP contribution is 2.29. The van der Waals surface area contributed by atoms with Crippen LogP contribution < -0.4 is 9.64 Å². The van der Waals surface area contributed by atoms with Gasteiger partial charge in [0, 0.05) is 52.4 Å². The quantitative estimate of drug-likeness (QED) is 0.807. The molecule has 25 heavy (non-hydrogen) atoms. The van der Waals surface area contributed by atoms with Gasteiger partial charge in [-0.25, -0.2) is 0 Å². The van der Waals surface area contributed by atoms with Crippen LogP contribution in [0.2, 0.25) is 0 Å². The molecule has 0 unspecified atom stereocenters. The van der Waals surface area contributed by atoms with Crippen molar-refractivity contribution in [3.8, 4) is 5.75 Å². The predicted molar refractivity (Wildman–Crippen MR) is 98.3 cm³/mol. The third-order valence-electron chi connectivity index (χ3n) is 5.27. The van der Waals surface area contributed by atoms with Crippen molar-refractivity contribution in [2.24, 2.45) is 0 Å². The Morgan fingerprint density at radius 2 is 1.88 bits per heavy atom. The van der Waals surface area contributed by atoms with Crippen LogP contribution in [0.1, 0.15) is 12.8 Å². The SMILES string of the molecule is COCC(=O)N1CCC[C@@H](N2CCN(c3ccccc3OC)CC2)C1. The van der Waals surface area contributed by atoms with Crippen LogP contribution in [-0.4, -0.2) is 81.8 Å². The van der Waals surface area contributed by atoms with Gasteiger partial charge in [-0.15, -0.1) is 0 Å². The van der Waals surface area contributed by atoms with Crippen LogP contribution in [-0.2, 0) is 9.53 Å². The first kappa shape index (κ1) is 18.0. The van der Waals surface area contributed by atoms with Gasteiger partial charge in [0.25, 0.3) is 0 Å². The smallest absolute Gasteiger partial charge is 0.248 e. The molecule has 6 heteroatoms. The number of carbonyl (C=O) groups excluding carboxylic acids is 1. The zero-order valence-corrected chi connectivity index (χ0v) is 15.3. The van der Waals surface area contributed by atoms with E-state index in [-0.39, 0.29) is 12.5 Å². The van der Waals surface area contributed by atoms with E-state index < -0.39 is 0 Å². The fraction of sp³-hybridized carbons (Fsp3) is 0.632. The van der Waals surface area contributed by atoms with E-state index in [0.717, 1.165) is 51.4 Å². The molecule has 2 aliphatic rings. The first-order valence-electron chi connectivity index (χ1n) is 9.11. The van der Waals surface area contributed by atoms with Gasteiger partial charge in [0.1, 0.15) is 12.4 Å². The number of hydrogen-bond acceptors (Lipinski definition) is 5. The second kappa shape index (κ2) is 8.54. The Balaban J connectivity index is 1.56. The van der Waals surface area contributed by atoms with Crippen molar-refractivity contribution < 1.29 is 14.3 Å². The molecule has 0 spiro atoms. The van der Waals surface area contributed by atoms with Crippen molar-refractivity contribution in [3.05, 3.63) is 24.3 Å². The topological polar surface area (TPSA) is 45.2 Å². The molecule has 0 N–H and O–H groups in total. The number of ether oxygens (including phenoxy) is 2. The van der Waals surface area contributed by atoms with Crippen LogP contribution in [0.25, 0.3) is 0 Å². The number of methoxy groups -OCH3 is 2. The van der Waals surface area contributed by atoms with Crippen LogP contribution in [0.15, 0.2) is 24.3 Å². The van der Waals surface area contributed by atoms with E-state index in [1.54, 1.807) is 14.2 Å². The van der Waals surface area contributed by atoms with Crippen LogP contribution in [0, 0.1) is 0 Å². The lowest BCUT2D eigenvalue weighted by molar-refractivity contribution is -0.137. The number of para-hydroxylation sites is 2. The van der Waals surface area contributed by atoms with E-state index >= 15 is 0 Å². The Bertz CT molecular complexity index is 573. The molecule has 2 saturated heterocycles. The minimum Gasteiger partial charge on any atom is -0.495 e. The lowest BCUT2D eigenvalue weighted by Crippen LogP contribution is -2.56. The Hall–Kier alpha value is -1.79. The molecule has 0 aliphatic carbocycles. The summed E-state index contributed by atoms with van der Waals surface area (Å²) >= 11 is 0. The summed E-state index contributed by atoms with van der Waals surface area (Å²) in [7, 11) is 3.30. The Morgan fingerprint density at radius 1 is 1.12 bits per heavy atom. The van der Waals surface area contributed by atoms with E-state index in [9.17, 15) is 4.79 Å². The van der Waals surface area contributed by atoms with Gasteiger partial charge in [-0.1, -0.05) is 12.1 Å². The third-order valence-corrected chi connectivity index (χ3v) is 5.27.